The molecule has 2 rings (SSSR count). The first-order valence-corrected chi connectivity index (χ1v) is 8.75. The van der Waals surface area contributed by atoms with Crippen LogP contribution in [0.4, 0.5) is 0 Å². The summed E-state index contributed by atoms with van der Waals surface area (Å²) in [5.41, 5.74) is -1.43. The summed E-state index contributed by atoms with van der Waals surface area (Å²) in [6, 6.07) is 0.496. The molecule has 2 unspecified atom stereocenters. The lowest BCUT2D eigenvalue weighted by molar-refractivity contribution is -0.183. The Hall–Kier alpha value is -1.40. The molecule has 6 heteroatoms. The number of hydrogen-bond acceptors (Lipinski definition) is 6. The molecule has 0 aromatic rings. The van der Waals surface area contributed by atoms with Crippen molar-refractivity contribution in [3.8, 4) is 0 Å². The van der Waals surface area contributed by atoms with E-state index in [1.165, 1.54) is 20.3 Å². The minimum Gasteiger partial charge on any atom is -0.463 e. The second-order valence-corrected chi connectivity index (χ2v) is 7.06. The number of esters is 2. The fourth-order valence-corrected chi connectivity index (χ4v) is 3.36. The predicted molar refractivity (Wildman–Crippen MR) is 89.3 cm³/mol. The molecule has 1 N–H and O–H groups in total. The maximum atomic E-state index is 12.3. The van der Waals surface area contributed by atoms with Crippen LogP contribution in [0.1, 0.15) is 47.0 Å². The lowest BCUT2D eigenvalue weighted by Gasteiger charge is -2.29. The van der Waals surface area contributed by atoms with Crippen molar-refractivity contribution >= 4 is 11.9 Å². The number of hydrogen-bond donors (Lipinski definition) is 1. The fraction of sp³-hybridized carbons (Fsp3) is 0.778. The van der Waals surface area contributed by atoms with Gasteiger partial charge in [0.05, 0.1) is 6.61 Å². The van der Waals surface area contributed by atoms with E-state index in [4.69, 9.17) is 9.47 Å². The van der Waals surface area contributed by atoms with Gasteiger partial charge in [-0.05, 0) is 60.0 Å². The lowest BCUT2D eigenvalue weighted by atomic mass is 9.98. The molecule has 136 valence electrons. The van der Waals surface area contributed by atoms with Crippen molar-refractivity contribution in [1.29, 1.82) is 0 Å². The molecule has 0 aliphatic carbocycles. The van der Waals surface area contributed by atoms with E-state index in [1.807, 2.05) is 0 Å². The largest absolute Gasteiger partial charge is 0.463 e. The molecule has 2 saturated heterocycles. The Balaban J connectivity index is 1.86. The van der Waals surface area contributed by atoms with Gasteiger partial charge in [0.1, 0.15) is 6.10 Å². The summed E-state index contributed by atoms with van der Waals surface area (Å²) in [5.74, 6) is -0.955. The Morgan fingerprint density at radius 3 is 2.75 bits per heavy atom. The van der Waals surface area contributed by atoms with Crippen molar-refractivity contribution in [2.24, 2.45) is 5.92 Å². The van der Waals surface area contributed by atoms with Gasteiger partial charge in [0.15, 0.2) is 5.60 Å². The average molecular weight is 339 g/mol. The van der Waals surface area contributed by atoms with Crippen LogP contribution >= 0.6 is 0 Å². The summed E-state index contributed by atoms with van der Waals surface area (Å²) >= 11 is 0. The standard InChI is InChI=1S/C18H29NO5/c1-5-12(2)16(20)24-13(3)18(4,22)17(21)23-11-14-8-10-19-9-6-7-15(14)19/h5,13-15,22H,6-11H2,1-4H3/b12-5+/t13?,14-,15-,18?/m0/s1. The Bertz CT molecular complexity index is 514. The molecule has 0 amide bonds. The average Bonchev–Trinajstić information content (AvgIpc) is 3.15. The number of allylic oxidation sites excluding steroid dienone is 1. The van der Waals surface area contributed by atoms with Gasteiger partial charge in [-0.3, -0.25) is 4.90 Å². The number of rotatable bonds is 6. The molecule has 6 nitrogen and oxygen atoms in total. The van der Waals surface area contributed by atoms with Crippen LogP contribution in [0.15, 0.2) is 11.6 Å². The van der Waals surface area contributed by atoms with Crippen molar-refractivity contribution in [2.45, 2.75) is 64.7 Å². The first-order chi connectivity index (χ1) is 11.3. The number of carbonyl (C=O) groups excluding carboxylic acids is 2. The van der Waals surface area contributed by atoms with Crippen LogP contribution in [-0.2, 0) is 19.1 Å². The molecule has 2 fully saturated rings. The second kappa shape index (κ2) is 7.66. The quantitative estimate of drug-likeness (QED) is 0.586. The molecular formula is C18H29NO5. The number of nitrogens with zero attached hydrogens (tertiary/aromatic N) is 1. The SMILES string of the molecule is C/C=C(\C)C(=O)OC(C)C(C)(O)C(=O)OC[C@@H]1CCN2CCC[C@@H]12. The van der Waals surface area contributed by atoms with Gasteiger partial charge in [-0.1, -0.05) is 6.08 Å². The number of aliphatic hydroxyl groups is 1. The minimum absolute atomic E-state index is 0.310. The summed E-state index contributed by atoms with van der Waals surface area (Å²) in [4.78, 5) is 26.5. The number of fused-ring (bicyclic) bond motifs is 1. The van der Waals surface area contributed by atoms with Crippen LogP contribution in [0.5, 0.6) is 0 Å². The zero-order valence-corrected chi connectivity index (χ0v) is 15.1. The molecule has 0 bridgehead atoms. The van der Waals surface area contributed by atoms with Gasteiger partial charge in [-0.15, -0.1) is 0 Å². The van der Waals surface area contributed by atoms with Gasteiger partial charge in [-0.2, -0.15) is 0 Å². The van der Waals surface area contributed by atoms with Crippen LogP contribution in [0.3, 0.4) is 0 Å². The van der Waals surface area contributed by atoms with Crippen molar-refractivity contribution in [2.75, 3.05) is 19.7 Å². The first-order valence-electron chi connectivity index (χ1n) is 8.75. The van der Waals surface area contributed by atoms with Crippen LogP contribution in [0.2, 0.25) is 0 Å². The smallest absolute Gasteiger partial charge is 0.341 e. The Labute approximate surface area is 143 Å². The predicted octanol–water partition coefficient (Wildman–Crippen LogP) is 1.66. The van der Waals surface area contributed by atoms with Crippen LogP contribution < -0.4 is 0 Å². The van der Waals surface area contributed by atoms with Crippen LogP contribution in [0, 0.1) is 5.92 Å². The molecule has 0 saturated carbocycles. The molecular weight excluding hydrogens is 310 g/mol. The zero-order chi connectivity index (χ0) is 17.9. The molecule has 0 aromatic heterocycles. The molecule has 2 aliphatic rings. The third kappa shape index (κ3) is 3.98. The molecule has 0 aromatic carbocycles. The van der Waals surface area contributed by atoms with Crippen LogP contribution in [-0.4, -0.2) is 59.4 Å². The highest BCUT2D eigenvalue weighted by Crippen LogP contribution is 2.33. The lowest BCUT2D eigenvalue weighted by Crippen LogP contribution is -2.49. The van der Waals surface area contributed by atoms with Crippen molar-refractivity contribution in [3.05, 3.63) is 11.6 Å². The van der Waals surface area contributed by atoms with E-state index >= 15 is 0 Å². The summed E-state index contributed by atoms with van der Waals surface area (Å²) in [6.07, 6.45) is 4.00. The Kier molecular flexibility index (Phi) is 6.04. The topological polar surface area (TPSA) is 76.1 Å². The van der Waals surface area contributed by atoms with Crippen molar-refractivity contribution < 1.29 is 24.2 Å². The van der Waals surface area contributed by atoms with E-state index in [9.17, 15) is 14.7 Å². The first kappa shape index (κ1) is 18.9. The fourth-order valence-electron chi connectivity index (χ4n) is 3.36. The molecule has 4 atom stereocenters. The van der Waals surface area contributed by atoms with Crippen molar-refractivity contribution in [3.63, 3.8) is 0 Å². The highest BCUT2D eigenvalue weighted by Gasteiger charge is 2.43. The number of carbonyl (C=O) groups is 2. The summed E-state index contributed by atoms with van der Waals surface area (Å²) in [6.45, 7) is 8.66. The summed E-state index contributed by atoms with van der Waals surface area (Å²) < 4.78 is 10.5. The van der Waals surface area contributed by atoms with Crippen LogP contribution in [0.25, 0.3) is 0 Å². The third-order valence-electron chi connectivity index (χ3n) is 5.42. The van der Waals surface area contributed by atoms with Gasteiger partial charge in [0.2, 0.25) is 0 Å². The highest BCUT2D eigenvalue weighted by atomic mass is 16.6. The van der Waals surface area contributed by atoms with Gasteiger partial charge in [-0.25, -0.2) is 9.59 Å². The molecule has 24 heavy (non-hydrogen) atoms. The van der Waals surface area contributed by atoms with E-state index in [-0.39, 0.29) is 0 Å². The number of ether oxygens (including phenoxy) is 2. The second-order valence-electron chi connectivity index (χ2n) is 7.06. The van der Waals surface area contributed by atoms with E-state index in [0.717, 1.165) is 25.9 Å². The zero-order valence-electron chi connectivity index (χ0n) is 15.1. The maximum absolute atomic E-state index is 12.3. The Morgan fingerprint density at radius 2 is 2.08 bits per heavy atom. The monoisotopic (exact) mass is 339 g/mol. The molecule has 2 aliphatic heterocycles. The maximum Gasteiger partial charge on any atom is 0.341 e. The normalized spacial score (nSPS) is 28.1. The summed E-state index contributed by atoms with van der Waals surface area (Å²) in [5, 5.41) is 10.4. The van der Waals surface area contributed by atoms with E-state index in [0.29, 0.717) is 24.1 Å². The van der Waals surface area contributed by atoms with E-state index in [2.05, 4.69) is 4.90 Å². The van der Waals surface area contributed by atoms with Gasteiger partial charge in [0.25, 0.3) is 0 Å². The van der Waals surface area contributed by atoms with E-state index < -0.39 is 23.6 Å². The highest BCUT2D eigenvalue weighted by molar-refractivity contribution is 5.88. The molecule has 0 radical (unpaired) electrons. The van der Waals surface area contributed by atoms with E-state index in [1.54, 1.807) is 19.9 Å². The van der Waals surface area contributed by atoms with Crippen molar-refractivity contribution in [1.82, 2.24) is 4.90 Å². The molecule has 2 heterocycles. The third-order valence-corrected chi connectivity index (χ3v) is 5.42. The molecule has 0 spiro atoms. The van der Waals surface area contributed by atoms with Gasteiger partial charge in [0, 0.05) is 17.5 Å². The summed E-state index contributed by atoms with van der Waals surface area (Å²) in [7, 11) is 0. The van der Waals surface area contributed by atoms with Gasteiger partial charge >= 0.3 is 11.9 Å². The Morgan fingerprint density at radius 1 is 1.38 bits per heavy atom. The van der Waals surface area contributed by atoms with Gasteiger partial charge < -0.3 is 14.6 Å². The minimum atomic E-state index is -1.86.